The second-order valence-corrected chi connectivity index (χ2v) is 10.9. The van der Waals surface area contributed by atoms with Gasteiger partial charge in [-0.1, -0.05) is 84.9 Å². The number of halogens is 1. The SMILES string of the molecule is O=C(Nc1cccc(SC(C(=O)Nc2ccc(F)cc2)c2ccccc2)c1)/C(=C/c1ccccc1)NC(=O)c1ccccc1. The van der Waals surface area contributed by atoms with Crippen LogP contribution in [0.5, 0.6) is 0 Å². The molecule has 3 amide bonds. The van der Waals surface area contributed by atoms with Gasteiger partial charge in [0.25, 0.3) is 11.8 Å². The molecule has 0 aliphatic heterocycles. The van der Waals surface area contributed by atoms with Crippen molar-refractivity contribution < 1.29 is 18.8 Å². The summed E-state index contributed by atoms with van der Waals surface area (Å²) >= 11 is 1.31. The van der Waals surface area contributed by atoms with Crippen LogP contribution < -0.4 is 16.0 Å². The van der Waals surface area contributed by atoms with E-state index in [4.69, 9.17) is 0 Å². The standard InChI is InChI=1S/C36H28FN3O3S/c37-28-19-21-29(22-20-28)38-36(43)33(26-13-6-2-7-14-26)44-31-18-10-17-30(24-31)39-35(42)32(23-25-11-4-1-5-12-25)40-34(41)27-15-8-3-9-16-27/h1-24,33H,(H,38,43)(H,39,42)(H,40,41)/b32-23-. The van der Waals surface area contributed by atoms with E-state index in [1.54, 1.807) is 48.5 Å². The Bertz CT molecular complexity index is 1760. The maximum Gasteiger partial charge on any atom is 0.272 e. The highest BCUT2D eigenvalue weighted by molar-refractivity contribution is 8.00. The predicted octanol–water partition coefficient (Wildman–Crippen LogP) is 7.71. The van der Waals surface area contributed by atoms with Gasteiger partial charge in [-0.05, 0) is 71.8 Å². The molecule has 44 heavy (non-hydrogen) atoms. The Balaban J connectivity index is 1.36. The highest BCUT2D eigenvalue weighted by Crippen LogP contribution is 2.37. The van der Waals surface area contributed by atoms with Gasteiger partial charge in [-0.25, -0.2) is 4.39 Å². The van der Waals surface area contributed by atoms with Crippen molar-refractivity contribution >= 4 is 46.9 Å². The third-order valence-corrected chi connectivity index (χ3v) is 7.69. The molecule has 0 heterocycles. The van der Waals surface area contributed by atoms with Crippen LogP contribution in [0.4, 0.5) is 15.8 Å². The number of benzene rings is 5. The molecule has 0 bridgehead atoms. The minimum atomic E-state index is -0.633. The van der Waals surface area contributed by atoms with Crippen LogP contribution in [0, 0.1) is 5.82 Å². The Labute approximate surface area is 259 Å². The largest absolute Gasteiger partial charge is 0.325 e. The van der Waals surface area contributed by atoms with Crippen LogP contribution in [-0.4, -0.2) is 17.7 Å². The minimum Gasteiger partial charge on any atom is -0.325 e. The number of amides is 3. The van der Waals surface area contributed by atoms with Gasteiger partial charge < -0.3 is 16.0 Å². The summed E-state index contributed by atoms with van der Waals surface area (Å²) in [4.78, 5) is 40.5. The Kier molecular flexibility index (Phi) is 9.97. The average Bonchev–Trinajstić information content (AvgIpc) is 3.06. The van der Waals surface area contributed by atoms with Crippen LogP contribution in [0.1, 0.15) is 26.7 Å². The maximum absolute atomic E-state index is 13.5. The zero-order chi connectivity index (χ0) is 30.7. The molecule has 218 valence electrons. The fourth-order valence-electron chi connectivity index (χ4n) is 4.28. The van der Waals surface area contributed by atoms with Crippen molar-refractivity contribution in [2.24, 2.45) is 0 Å². The lowest BCUT2D eigenvalue weighted by Crippen LogP contribution is -2.30. The summed E-state index contributed by atoms with van der Waals surface area (Å²) in [6.45, 7) is 0. The van der Waals surface area contributed by atoms with Crippen LogP contribution >= 0.6 is 11.8 Å². The van der Waals surface area contributed by atoms with E-state index in [0.717, 1.165) is 16.0 Å². The molecule has 5 rings (SSSR count). The van der Waals surface area contributed by atoms with E-state index in [2.05, 4.69) is 16.0 Å². The molecule has 8 heteroatoms. The van der Waals surface area contributed by atoms with Gasteiger partial charge in [-0.15, -0.1) is 11.8 Å². The van der Waals surface area contributed by atoms with E-state index in [1.807, 2.05) is 72.8 Å². The normalized spacial score (nSPS) is 11.7. The first-order valence-electron chi connectivity index (χ1n) is 13.8. The fourth-order valence-corrected chi connectivity index (χ4v) is 5.37. The van der Waals surface area contributed by atoms with Crippen molar-refractivity contribution in [3.63, 3.8) is 0 Å². The number of anilines is 2. The lowest BCUT2D eigenvalue weighted by molar-refractivity contribution is -0.116. The predicted molar refractivity (Wildman–Crippen MR) is 173 cm³/mol. The fraction of sp³-hybridized carbons (Fsp3) is 0.0278. The van der Waals surface area contributed by atoms with E-state index >= 15 is 0 Å². The molecule has 0 aliphatic rings. The molecule has 5 aromatic carbocycles. The van der Waals surface area contributed by atoms with E-state index < -0.39 is 22.9 Å². The molecule has 0 radical (unpaired) electrons. The monoisotopic (exact) mass is 601 g/mol. The molecule has 3 N–H and O–H groups in total. The van der Waals surface area contributed by atoms with Gasteiger partial charge in [0.15, 0.2) is 0 Å². The van der Waals surface area contributed by atoms with Gasteiger partial charge in [0, 0.05) is 21.8 Å². The number of rotatable bonds is 10. The van der Waals surface area contributed by atoms with Crippen molar-refractivity contribution in [1.82, 2.24) is 5.32 Å². The lowest BCUT2D eigenvalue weighted by Gasteiger charge is -2.18. The summed E-state index contributed by atoms with van der Waals surface area (Å²) in [5.41, 5.74) is 2.98. The third kappa shape index (κ3) is 8.30. The summed E-state index contributed by atoms with van der Waals surface area (Å²) in [5, 5.41) is 7.84. The zero-order valence-electron chi connectivity index (χ0n) is 23.4. The third-order valence-electron chi connectivity index (χ3n) is 6.44. The molecule has 1 unspecified atom stereocenters. The van der Waals surface area contributed by atoms with E-state index in [0.29, 0.717) is 16.9 Å². The molecule has 0 aliphatic carbocycles. The number of hydrogen-bond acceptors (Lipinski definition) is 4. The van der Waals surface area contributed by atoms with Crippen molar-refractivity contribution in [3.05, 3.63) is 168 Å². The maximum atomic E-state index is 13.5. The van der Waals surface area contributed by atoms with Crippen LogP contribution in [-0.2, 0) is 9.59 Å². The average molecular weight is 602 g/mol. The summed E-state index contributed by atoms with van der Waals surface area (Å²) in [7, 11) is 0. The molecular formula is C36H28FN3O3S. The molecular weight excluding hydrogens is 573 g/mol. The molecule has 0 aromatic heterocycles. The smallest absolute Gasteiger partial charge is 0.272 e. The first kappa shape index (κ1) is 30.0. The highest BCUT2D eigenvalue weighted by atomic mass is 32.2. The van der Waals surface area contributed by atoms with Crippen LogP contribution in [0.25, 0.3) is 6.08 Å². The van der Waals surface area contributed by atoms with Gasteiger partial charge in [0.1, 0.15) is 16.8 Å². The first-order chi connectivity index (χ1) is 21.4. The second kappa shape index (κ2) is 14.6. The summed E-state index contributed by atoms with van der Waals surface area (Å²) in [6.07, 6.45) is 1.61. The summed E-state index contributed by atoms with van der Waals surface area (Å²) in [6, 6.07) is 39.9. The van der Waals surface area contributed by atoms with Gasteiger partial charge >= 0.3 is 0 Å². The number of carbonyl (C=O) groups is 3. The second-order valence-electron chi connectivity index (χ2n) is 9.68. The van der Waals surface area contributed by atoms with E-state index in [9.17, 15) is 18.8 Å². The number of carbonyl (C=O) groups excluding carboxylic acids is 3. The first-order valence-corrected chi connectivity index (χ1v) is 14.7. The Morgan fingerprint density at radius 2 is 1.30 bits per heavy atom. The minimum absolute atomic E-state index is 0.0731. The van der Waals surface area contributed by atoms with Crippen molar-refractivity contribution in [2.75, 3.05) is 10.6 Å². The van der Waals surface area contributed by atoms with Crippen molar-refractivity contribution in [1.29, 1.82) is 0 Å². The molecule has 0 saturated carbocycles. The van der Waals surface area contributed by atoms with Crippen LogP contribution in [0.2, 0.25) is 0 Å². The Hall–Kier alpha value is -5.47. The van der Waals surface area contributed by atoms with Crippen molar-refractivity contribution in [3.8, 4) is 0 Å². The quantitative estimate of drug-likeness (QED) is 0.113. The number of nitrogens with one attached hydrogen (secondary N) is 3. The summed E-state index contributed by atoms with van der Waals surface area (Å²) < 4.78 is 13.4. The molecule has 0 spiro atoms. The molecule has 6 nitrogen and oxygen atoms in total. The molecule has 5 aromatic rings. The lowest BCUT2D eigenvalue weighted by atomic mass is 10.1. The van der Waals surface area contributed by atoms with Gasteiger partial charge in [-0.2, -0.15) is 0 Å². The van der Waals surface area contributed by atoms with Gasteiger partial charge in [0.2, 0.25) is 5.91 Å². The number of hydrogen-bond donors (Lipinski definition) is 3. The van der Waals surface area contributed by atoms with Gasteiger partial charge in [-0.3, -0.25) is 14.4 Å². The topological polar surface area (TPSA) is 87.3 Å². The molecule has 0 saturated heterocycles. The van der Waals surface area contributed by atoms with Crippen molar-refractivity contribution in [2.45, 2.75) is 10.1 Å². The zero-order valence-corrected chi connectivity index (χ0v) is 24.3. The van der Waals surface area contributed by atoms with Gasteiger partial charge in [0.05, 0.1) is 0 Å². The van der Waals surface area contributed by atoms with Crippen LogP contribution in [0.3, 0.4) is 0 Å². The summed E-state index contributed by atoms with van der Waals surface area (Å²) in [5.74, 6) is -1.59. The van der Waals surface area contributed by atoms with E-state index in [-0.39, 0.29) is 11.6 Å². The molecule has 1 atom stereocenters. The highest BCUT2D eigenvalue weighted by Gasteiger charge is 2.23. The van der Waals surface area contributed by atoms with Crippen LogP contribution in [0.15, 0.2) is 150 Å². The molecule has 0 fully saturated rings. The number of thioether (sulfide) groups is 1. The Morgan fingerprint density at radius 3 is 1.98 bits per heavy atom. The Morgan fingerprint density at radius 1 is 0.659 bits per heavy atom. The van der Waals surface area contributed by atoms with E-state index in [1.165, 1.54) is 36.0 Å².